The third-order valence-corrected chi connectivity index (χ3v) is 1.67. The van der Waals surface area contributed by atoms with Gasteiger partial charge in [0.2, 0.25) is 5.56 Å². The van der Waals surface area contributed by atoms with E-state index in [2.05, 4.69) is 4.98 Å². The largest absolute Gasteiger partial charge is 0.481 e. The van der Waals surface area contributed by atoms with Gasteiger partial charge in [0.05, 0.1) is 5.92 Å². The van der Waals surface area contributed by atoms with Crippen LogP contribution in [-0.2, 0) is 4.79 Å². The molecule has 0 saturated heterocycles. The molecule has 0 aliphatic carbocycles. The summed E-state index contributed by atoms with van der Waals surface area (Å²) in [6, 6.07) is 2.87. The van der Waals surface area contributed by atoms with Crippen LogP contribution in [0.2, 0.25) is 0 Å². The minimum absolute atomic E-state index is 0.277. The van der Waals surface area contributed by atoms with Crippen LogP contribution in [0.4, 0.5) is 0 Å². The first kappa shape index (κ1) is 8.52. The van der Waals surface area contributed by atoms with E-state index in [1.165, 1.54) is 19.2 Å². The average molecular weight is 167 g/mol. The van der Waals surface area contributed by atoms with E-state index in [1.54, 1.807) is 6.07 Å². The molecule has 0 saturated carbocycles. The lowest BCUT2D eigenvalue weighted by molar-refractivity contribution is -0.138. The smallest absolute Gasteiger partial charge is 0.310 e. The number of H-pyrrole nitrogens is 1. The topological polar surface area (TPSA) is 70.2 Å². The van der Waals surface area contributed by atoms with Crippen molar-refractivity contribution in [2.45, 2.75) is 12.8 Å². The number of aromatic nitrogens is 1. The summed E-state index contributed by atoms with van der Waals surface area (Å²) in [6.45, 7) is 1.54. The van der Waals surface area contributed by atoms with Gasteiger partial charge in [0.15, 0.2) is 0 Å². The van der Waals surface area contributed by atoms with Crippen LogP contribution < -0.4 is 5.56 Å². The zero-order valence-electron chi connectivity index (χ0n) is 6.57. The number of hydrogen-bond acceptors (Lipinski definition) is 2. The lowest BCUT2D eigenvalue weighted by atomic mass is 10.0. The first-order valence-electron chi connectivity index (χ1n) is 3.52. The molecule has 1 aromatic rings. The van der Waals surface area contributed by atoms with E-state index in [9.17, 15) is 9.59 Å². The molecular weight excluding hydrogens is 158 g/mol. The van der Waals surface area contributed by atoms with Gasteiger partial charge in [-0.05, 0) is 18.6 Å². The molecule has 64 valence electrons. The molecule has 0 aliphatic heterocycles. The summed E-state index contributed by atoms with van der Waals surface area (Å²) in [4.78, 5) is 23.7. The highest BCUT2D eigenvalue weighted by atomic mass is 16.4. The van der Waals surface area contributed by atoms with Crippen molar-refractivity contribution in [1.82, 2.24) is 4.98 Å². The van der Waals surface area contributed by atoms with E-state index in [4.69, 9.17) is 5.11 Å². The van der Waals surface area contributed by atoms with Crippen LogP contribution in [0.25, 0.3) is 0 Å². The van der Waals surface area contributed by atoms with Crippen molar-refractivity contribution in [2.24, 2.45) is 0 Å². The molecule has 0 amide bonds. The molecule has 0 aromatic carbocycles. The highest BCUT2D eigenvalue weighted by Crippen LogP contribution is 2.11. The Morgan fingerprint density at radius 1 is 1.67 bits per heavy atom. The molecule has 12 heavy (non-hydrogen) atoms. The molecule has 1 heterocycles. The number of aromatic amines is 1. The van der Waals surface area contributed by atoms with E-state index in [0.29, 0.717) is 5.56 Å². The standard InChI is InChI=1S/C8H9NO3/c1-5(8(11)12)6-2-3-9-7(10)4-6/h2-5H,1H3,(H,9,10)(H,11,12). The van der Waals surface area contributed by atoms with E-state index in [-0.39, 0.29) is 5.56 Å². The fourth-order valence-corrected chi connectivity index (χ4v) is 0.873. The monoisotopic (exact) mass is 167 g/mol. The van der Waals surface area contributed by atoms with Gasteiger partial charge in [-0.25, -0.2) is 0 Å². The summed E-state index contributed by atoms with van der Waals surface area (Å²) in [7, 11) is 0. The Kier molecular flexibility index (Phi) is 2.28. The first-order chi connectivity index (χ1) is 5.61. The van der Waals surface area contributed by atoms with Gasteiger partial charge < -0.3 is 10.1 Å². The maximum absolute atomic E-state index is 10.8. The summed E-state index contributed by atoms with van der Waals surface area (Å²) in [5, 5.41) is 8.61. The van der Waals surface area contributed by atoms with Gasteiger partial charge >= 0.3 is 5.97 Å². The highest BCUT2D eigenvalue weighted by Gasteiger charge is 2.12. The number of carboxylic acid groups (broad SMARTS) is 1. The van der Waals surface area contributed by atoms with Crippen molar-refractivity contribution in [3.63, 3.8) is 0 Å². The molecule has 0 radical (unpaired) electrons. The fraction of sp³-hybridized carbons (Fsp3) is 0.250. The van der Waals surface area contributed by atoms with Crippen LogP contribution in [0.3, 0.4) is 0 Å². The van der Waals surface area contributed by atoms with Crippen molar-refractivity contribution in [1.29, 1.82) is 0 Å². The maximum atomic E-state index is 10.8. The van der Waals surface area contributed by atoms with Crippen LogP contribution >= 0.6 is 0 Å². The first-order valence-corrected chi connectivity index (χ1v) is 3.52. The fourth-order valence-electron chi connectivity index (χ4n) is 0.873. The molecule has 4 nitrogen and oxygen atoms in total. The van der Waals surface area contributed by atoms with E-state index in [0.717, 1.165) is 0 Å². The Labute approximate surface area is 68.9 Å². The molecule has 2 N–H and O–H groups in total. The van der Waals surface area contributed by atoms with Crippen molar-refractivity contribution in [3.8, 4) is 0 Å². The Morgan fingerprint density at radius 2 is 2.33 bits per heavy atom. The second-order valence-corrected chi connectivity index (χ2v) is 2.55. The summed E-state index contributed by atoms with van der Waals surface area (Å²) >= 11 is 0. The van der Waals surface area contributed by atoms with Crippen molar-refractivity contribution >= 4 is 5.97 Å². The summed E-state index contributed by atoms with van der Waals surface area (Å²) < 4.78 is 0. The third kappa shape index (κ3) is 1.72. The van der Waals surface area contributed by atoms with E-state index >= 15 is 0 Å². The number of nitrogens with one attached hydrogen (secondary N) is 1. The lowest BCUT2D eigenvalue weighted by Crippen LogP contribution is -2.11. The van der Waals surface area contributed by atoms with Crippen LogP contribution in [0.15, 0.2) is 23.1 Å². The Balaban J connectivity index is 3.03. The quantitative estimate of drug-likeness (QED) is 0.676. The van der Waals surface area contributed by atoms with E-state index < -0.39 is 11.9 Å². The van der Waals surface area contributed by atoms with Crippen molar-refractivity contribution < 1.29 is 9.90 Å². The molecule has 1 unspecified atom stereocenters. The zero-order chi connectivity index (χ0) is 9.14. The number of hydrogen-bond donors (Lipinski definition) is 2. The predicted molar refractivity (Wildman–Crippen MR) is 43.1 cm³/mol. The van der Waals surface area contributed by atoms with Gasteiger partial charge in [0.1, 0.15) is 0 Å². The van der Waals surface area contributed by atoms with Gasteiger partial charge in [0.25, 0.3) is 0 Å². The molecule has 0 fully saturated rings. The average Bonchev–Trinajstić information content (AvgIpc) is 2.03. The molecular formula is C8H9NO3. The minimum atomic E-state index is -0.930. The predicted octanol–water partition coefficient (Wildman–Crippen LogP) is 0.563. The number of rotatable bonds is 2. The van der Waals surface area contributed by atoms with Gasteiger partial charge in [-0.2, -0.15) is 0 Å². The molecule has 1 atom stereocenters. The second kappa shape index (κ2) is 3.21. The third-order valence-electron chi connectivity index (χ3n) is 1.67. The van der Waals surface area contributed by atoms with Gasteiger partial charge in [-0.1, -0.05) is 0 Å². The molecule has 0 spiro atoms. The minimum Gasteiger partial charge on any atom is -0.481 e. The Morgan fingerprint density at radius 3 is 2.83 bits per heavy atom. The normalized spacial score (nSPS) is 12.4. The molecule has 0 aliphatic rings. The number of carbonyl (C=O) groups is 1. The zero-order valence-corrected chi connectivity index (χ0v) is 6.57. The maximum Gasteiger partial charge on any atom is 0.310 e. The lowest BCUT2D eigenvalue weighted by Gasteiger charge is -2.03. The number of aliphatic carboxylic acids is 1. The summed E-state index contributed by atoms with van der Waals surface area (Å²) in [6.07, 6.45) is 1.44. The van der Waals surface area contributed by atoms with Gasteiger partial charge in [-0.3, -0.25) is 9.59 Å². The van der Waals surface area contributed by atoms with Crippen LogP contribution in [-0.4, -0.2) is 16.1 Å². The summed E-state index contributed by atoms with van der Waals surface area (Å²) in [5.41, 5.74) is 0.242. The van der Waals surface area contributed by atoms with Gasteiger partial charge in [0, 0.05) is 12.3 Å². The Hall–Kier alpha value is -1.58. The molecule has 1 rings (SSSR count). The Bertz CT molecular complexity index is 342. The van der Waals surface area contributed by atoms with Crippen LogP contribution in [0.1, 0.15) is 18.4 Å². The van der Waals surface area contributed by atoms with E-state index in [1.807, 2.05) is 0 Å². The van der Waals surface area contributed by atoms with Crippen molar-refractivity contribution in [2.75, 3.05) is 0 Å². The van der Waals surface area contributed by atoms with Crippen molar-refractivity contribution in [3.05, 3.63) is 34.2 Å². The highest BCUT2D eigenvalue weighted by molar-refractivity contribution is 5.75. The second-order valence-electron chi connectivity index (χ2n) is 2.55. The molecule has 1 aromatic heterocycles. The van der Waals surface area contributed by atoms with Gasteiger partial charge in [-0.15, -0.1) is 0 Å². The number of pyridine rings is 1. The molecule has 0 bridgehead atoms. The van der Waals surface area contributed by atoms with Crippen LogP contribution in [0.5, 0.6) is 0 Å². The SMILES string of the molecule is CC(C(=O)O)c1cc[nH]c(=O)c1. The number of carboxylic acids is 1. The summed E-state index contributed by atoms with van der Waals surface area (Å²) in [5.74, 6) is -1.56. The molecule has 4 heteroatoms. The van der Waals surface area contributed by atoms with Crippen LogP contribution in [0, 0.1) is 0 Å².